The van der Waals surface area contributed by atoms with E-state index in [0.29, 0.717) is 42.4 Å². The maximum absolute atomic E-state index is 12.3. The van der Waals surface area contributed by atoms with Gasteiger partial charge in [0.05, 0.1) is 0 Å². The van der Waals surface area contributed by atoms with Crippen molar-refractivity contribution in [3.63, 3.8) is 0 Å². The maximum atomic E-state index is 12.3. The number of hydrogen-bond donors (Lipinski definition) is 2. The molecule has 2 saturated carbocycles. The van der Waals surface area contributed by atoms with Gasteiger partial charge in [-0.25, -0.2) is 0 Å². The summed E-state index contributed by atoms with van der Waals surface area (Å²) in [5, 5.41) is 7.12. The first-order valence-corrected chi connectivity index (χ1v) is 8.97. The molecule has 1 amide bonds. The lowest BCUT2D eigenvalue weighted by molar-refractivity contribution is -0.123. The summed E-state index contributed by atoms with van der Waals surface area (Å²) < 4.78 is 10.3. The molecule has 1 aromatic rings. The van der Waals surface area contributed by atoms with Crippen molar-refractivity contribution in [3.05, 3.63) is 11.7 Å². The Kier molecular flexibility index (Phi) is 7.22. The fourth-order valence-electron chi connectivity index (χ4n) is 4.14. The van der Waals surface area contributed by atoms with E-state index in [1.54, 1.807) is 7.11 Å². The van der Waals surface area contributed by atoms with Gasteiger partial charge in [-0.1, -0.05) is 11.6 Å². The van der Waals surface area contributed by atoms with Crippen LogP contribution in [0.15, 0.2) is 4.52 Å². The lowest BCUT2D eigenvalue weighted by atomic mass is 9.67. The molecule has 0 saturated heterocycles. The second-order valence-electron chi connectivity index (χ2n) is 7.20. The second-order valence-corrected chi connectivity index (χ2v) is 7.20. The summed E-state index contributed by atoms with van der Waals surface area (Å²) in [6.45, 7) is 1.86. The highest BCUT2D eigenvalue weighted by molar-refractivity contribution is 5.85. The number of nitrogens with zero attached hydrogens (tertiary/aromatic N) is 2. The zero-order valence-corrected chi connectivity index (χ0v) is 15.8. The summed E-state index contributed by atoms with van der Waals surface area (Å²) in [5.74, 6) is 2.13. The first kappa shape index (κ1) is 20.1. The van der Waals surface area contributed by atoms with Crippen molar-refractivity contribution in [2.45, 2.75) is 70.1 Å². The van der Waals surface area contributed by atoms with E-state index in [1.807, 2.05) is 6.92 Å². The topological polar surface area (TPSA) is 103 Å². The fraction of sp³-hybridized carbons (Fsp3) is 0.824. The molecule has 2 fully saturated rings. The average Bonchev–Trinajstić information content (AvgIpc) is 3.02. The minimum atomic E-state index is -0.206. The highest BCUT2D eigenvalue weighted by atomic mass is 35.5. The molecule has 3 unspecified atom stereocenters. The van der Waals surface area contributed by atoms with E-state index in [4.69, 9.17) is 15.0 Å². The number of halogens is 1. The minimum Gasteiger partial charge on any atom is -0.374 e. The molecule has 0 aromatic carbocycles. The number of nitrogens with two attached hydrogens (primary N) is 1. The molecule has 0 aliphatic heterocycles. The Balaban J connectivity index is 0.00000225. The molecule has 8 heteroatoms. The molecule has 0 spiro atoms. The fourth-order valence-corrected chi connectivity index (χ4v) is 4.14. The van der Waals surface area contributed by atoms with Gasteiger partial charge in [-0.3, -0.25) is 4.79 Å². The number of carbonyl (C=O) groups is 1. The first-order valence-electron chi connectivity index (χ1n) is 8.97. The van der Waals surface area contributed by atoms with Crippen LogP contribution in [0.5, 0.6) is 0 Å². The van der Waals surface area contributed by atoms with E-state index in [9.17, 15) is 4.79 Å². The smallest absolute Gasteiger partial charge is 0.227 e. The van der Waals surface area contributed by atoms with Gasteiger partial charge < -0.3 is 20.3 Å². The van der Waals surface area contributed by atoms with E-state index in [1.165, 1.54) is 19.3 Å². The van der Waals surface area contributed by atoms with Gasteiger partial charge in [-0.15, -0.1) is 12.4 Å². The van der Waals surface area contributed by atoms with Crippen LogP contribution < -0.4 is 11.1 Å². The van der Waals surface area contributed by atoms with Gasteiger partial charge in [-0.2, -0.15) is 4.98 Å². The van der Waals surface area contributed by atoms with Crippen molar-refractivity contribution in [2.24, 2.45) is 17.6 Å². The van der Waals surface area contributed by atoms with Gasteiger partial charge in [0.2, 0.25) is 11.8 Å². The van der Waals surface area contributed by atoms with E-state index in [0.717, 1.165) is 12.8 Å². The zero-order valence-electron chi connectivity index (χ0n) is 14.9. The van der Waals surface area contributed by atoms with E-state index >= 15 is 0 Å². The molecule has 2 aliphatic carbocycles. The molecule has 3 atom stereocenters. The number of aryl methyl sites for hydroxylation is 1. The Hall–Kier alpha value is -1.18. The molecule has 3 rings (SSSR count). The average molecular weight is 373 g/mol. The molecule has 3 N–H and O–H groups in total. The number of nitrogens with one attached hydrogen (secondary N) is 1. The number of aromatic nitrogens is 2. The SMILES string of the molecule is COC(C)c1noc(CCC(=O)NC2C3CCCC2CC(N)C3)n1.Cl. The molecule has 142 valence electrons. The van der Waals surface area contributed by atoms with Crippen molar-refractivity contribution in [1.82, 2.24) is 15.5 Å². The van der Waals surface area contributed by atoms with Gasteiger partial charge in [0.15, 0.2) is 5.82 Å². The standard InChI is InChI=1S/C17H28N4O3.ClH/c1-10(23-2)17-20-15(24-21-17)7-6-14(22)19-16-11-4-3-5-12(16)9-13(18)8-11;/h10-13,16H,3-9,18H2,1-2H3,(H,19,22);1H. The van der Waals surface area contributed by atoms with Crippen LogP contribution in [0, 0.1) is 11.8 Å². The lowest BCUT2D eigenvalue weighted by Crippen LogP contribution is -2.53. The summed E-state index contributed by atoms with van der Waals surface area (Å²) in [7, 11) is 1.60. The molecule has 1 heterocycles. The number of amides is 1. The Morgan fingerprint density at radius 2 is 2.08 bits per heavy atom. The Labute approximate surface area is 154 Å². The van der Waals surface area contributed by atoms with Crippen molar-refractivity contribution < 1.29 is 14.1 Å². The van der Waals surface area contributed by atoms with Crippen molar-refractivity contribution in [1.29, 1.82) is 0 Å². The summed E-state index contributed by atoms with van der Waals surface area (Å²) >= 11 is 0. The van der Waals surface area contributed by atoms with Gasteiger partial charge in [0.1, 0.15) is 6.10 Å². The maximum Gasteiger partial charge on any atom is 0.227 e. The van der Waals surface area contributed by atoms with Crippen molar-refractivity contribution in [2.75, 3.05) is 7.11 Å². The third-order valence-corrected chi connectivity index (χ3v) is 5.47. The number of rotatable bonds is 6. The predicted molar refractivity (Wildman–Crippen MR) is 95.3 cm³/mol. The van der Waals surface area contributed by atoms with Crippen LogP contribution in [0.1, 0.15) is 63.3 Å². The van der Waals surface area contributed by atoms with Gasteiger partial charge in [0, 0.05) is 32.0 Å². The van der Waals surface area contributed by atoms with Crippen LogP contribution >= 0.6 is 12.4 Å². The van der Waals surface area contributed by atoms with Crippen molar-refractivity contribution >= 4 is 18.3 Å². The highest BCUT2D eigenvalue weighted by Gasteiger charge is 2.39. The molecular weight excluding hydrogens is 344 g/mol. The Morgan fingerprint density at radius 3 is 2.72 bits per heavy atom. The molecule has 2 bridgehead atoms. The minimum absolute atomic E-state index is 0. The number of hydrogen-bond acceptors (Lipinski definition) is 6. The third-order valence-electron chi connectivity index (χ3n) is 5.47. The number of carbonyl (C=O) groups excluding carboxylic acids is 1. The summed E-state index contributed by atoms with van der Waals surface area (Å²) in [6, 6.07) is 0.589. The summed E-state index contributed by atoms with van der Waals surface area (Å²) in [4.78, 5) is 16.6. The van der Waals surface area contributed by atoms with Crippen molar-refractivity contribution in [3.8, 4) is 0 Å². The number of fused-ring (bicyclic) bond motifs is 2. The van der Waals surface area contributed by atoms with E-state index in [2.05, 4.69) is 15.5 Å². The van der Waals surface area contributed by atoms with Crippen LogP contribution in [-0.4, -0.2) is 35.2 Å². The third kappa shape index (κ3) is 4.92. The Morgan fingerprint density at radius 1 is 1.40 bits per heavy atom. The highest BCUT2D eigenvalue weighted by Crippen LogP contribution is 2.39. The van der Waals surface area contributed by atoms with Crippen LogP contribution in [-0.2, 0) is 16.0 Å². The predicted octanol–water partition coefficient (Wildman–Crippen LogP) is 2.15. The second kappa shape index (κ2) is 8.96. The Bertz CT molecular complexity index is 554. The molecule has 7 nitrogen and oxygen atoms in total. The van der Waals surface area contributed by atoms with Crippen LogP contribution in [0.25, 0.3) is 0 Å². The molecule has 1 aromatic heterocycles. The van der Waals surface area contributed by atoms with Gasteiger partial charge >= 0.3 is 0 Å². The molecule has 0 radical (unpaired) electrons. The molecule has 25 heavy (non-hydrogen) atoms. The number of methoxy groups -OCH3 is 1. The number of ether oxygens (including phenoxy) is 1. The van der Waals surface area contributed by atoms with Gasteiger partial charge in [-0.05, 0) is 44.4 Å². The van der Waals surface area contributed by atoms with Crippen LogP contribution in [0.3, 0.4) is 0 Å². The largest absolute Gasteiger partial charge is 0.374 e. The quantitative estimate of drug-likeness (QED) is 0.793. The summed E-state index contributed by atoms with van der Waals surface area (Å²) in [5.41, 5.74) is 6.14. The first-order chi connectivity index (χ1) is 11.6. The normalized spacial score (nSPS) is 29.6. The van der Waals surface area contributed by atoms with Crippen LogP contribution in [0.4, 0.5) is 0 Å². The lowest BCUT2D eigenvalue weighted by Gasteiger charge is -2.45. The van der Waals surface area contributed by atoms with Crippen LogP contribution in [0.2, 0.25) is 0 Å². The zero-order chi connectivity index (χ0) is 17.1. The van der Waals surface area contributed by atoms with Gasteiger partial charge in [0.25, 0.3) is 0 Å². The van der Waals surface area contributed by atoms with E-state index in [-0.39, 0.29) is 30.5 Å². The molecule has 2 aliphatic rings. The molecular formula is C17H29ClN4O3. The van der Waals surface area contributed by atoms with E-state index < -0.39 is 0 Å². The monoisotopic (exact) mass is 372 g/mol. The summed E-state index contributed by atoms with van der Waals surface area (Å²) in [6.07, 6.45) is 6.29.